The van der Waals surface area contributed by atoms with Crippen molar-refractivity contribution >= 4 is 18.9 Å². The molecule has 1 atom stereocenters. The maximum absolute atomic E-state index is 5.29. The molecule has 0 spiro atoms. The lowest BCUT2D eigenvalue weighted by Crippen LogP contribution is -1.98. The summed E-state index contributed by atoms with van der Waals surface area (Å²) >= 11 is 5.29. The predicted octanol–water partition coefficient (Wildman–Crippen LogP) is 1.84. The van der Waals surface area contributed by atoms with Crippen molar-refractivity contribution in [2.45, 2.75) is 20.0 Å². The third-order valence-electron chi connectivity index (χ3n) is 0.312. The lowest BCUT2D eigenvalue weighted by atomic mass is 10.5. The second-order valence-corrected chi connectivity index (χ2v) is 3.18. The van der Waals surface area contributed by atoms with Gasteiger partial charge in [-0.2, -0.15) is 0 Å². The highest BCUT2D eigenvalue weighted by Crippen LogP contribution is 2.33. The Labute approximate surface area is 49.7 Å². The molecule has 0 heterocycles. The summed E-state index contributed by atoms with van der Waals surface area (Å²) < 4.78 is 4.86. The molecule has 4 heteroatoms. The number of halogens is 1. The lowest BCUT2D eigenvalue weighted by Gasteiger charge is -2.05. The summed E-state index contributed by atoms with van der Waals surface area (Å²) in [5, 5.41) is 0. The topological polar surface area (TPSA) is 35.2 Å². The van der Waals surface area contributed by atoms with Crippen LogP contribution in [0.1, 0.15) is 13.8 Å². The molecule has 1 unspecified atom stereocenters. The van der Waals surface area contributed by atoms with E-state index in [1.54, 1.807) is 0 Å². The van der Waals surface area contributed by atoms with Crippen molar-refractivity contribution in [2.24, 2.45) is 5.50 Å². The fourth-order valence-electron chi connectivity index (χ4n) is 0.201. The van der Waals surface area contributed by atoms with Crippen LogP contribution in [-0.4, -0.2) is 6.10 Å². The molecule has 0 aliphatic carbocycles. The van der Waals surface area contributed by atoms with E-state index in [0.717, 1.165) is 0 Å². The number of nitrogens with two attached hydrogens (primary N) is 1. The van der Waals surface area contributed by atoms with Gasteiger partial charge in [-0.3, -0.25) is 5.50 Å². The molecule has 0 saturated carbocycles. The number of hydrogen-bond acceptors (Lipinski definition) is 2. The molecule has 7 heavy (non-hydrogen) atoms. The van der Waals surface area contributed by atoms with E-state index in [0.29, 0.717) is 0 Å². The van der Waals surface area contributed by atoms with Crippen LogP contribution in [0, 0.1) is 0 Å². The molecule has 0 fully saturated rings. The highest BCUT2D eigenvalue weighted by molar-refractivity contribution is 7.78. The molecule has 0 aromatic rings. The van der Waals surface area contributed by atoms with Gasteiger partial charge < -0.3 is 4.52 Å². The molecule has 0 radical (unpaired) electrons. The molecule has 2 N–H and O–H groups in total. The third-order valence-corrected chi connectivity index (χ3v) is 1.17. The zero-order valence-electron chi connectivity index (χ0n) is 4.39. The largest absolute Gasteiger partial charge is 0.329 e. The molecule has 0 rings (SSSR count). The highest BCUT2D eigenvalue weighted by atomic mass is 35.7. The predicted molar refractivity (Wildman–Crippen MR) is 33.2 cm³/mol. The van der Waals surface area contributed by atoms with Crippen LogP contribution in [0.5, 0.6) is 0 Å². The summed E-state index contributed by atoms with van der Waals surface area (Å²) in [5.41, 5.74) is 5.10. The Morgan fingerprint density at radius 2 is 2.14 bits per heavy atom. The Balaban J connectivity index is 2.95. The second-order valence-electron chi connectivity index (χ2n) is 1.43. The summed E-state index contributed by atoms with van der Waals surface area (Å²) in [6.45, 7) is 3.79. The summed E-state index contributed by atoms with van der Waals surface area (Å²) in [7, 11) is -1.17. The summed E-state index contributed by atoms with van der Waals surface area (Å²) in [6.07, 6.45) is 0.147. The number of rotatable bonds is 2. The van der Waals surface area contributed by atoms with Crippen LogP contribution in [-0.2, 0) is 4.52 Å². The maximum atomic E-state index is 5.29. The van der Waals surface area contributed by atoms with Gasteiger partial charge in [0, 0.05) is 0 Å². The van der Waals surface area contributed by atoms with E-state index in [1.165, 1.54) is 0 Å². The molecule has 2 nitrogen and oxygen atoms in total. The molecule has 0 aliphatic rings. The van der Waals surface area contributed by atoms with Crippen molar-refractivity contribution in [1.82, 2.24) is 0 Å². The van der Waals surface area contributed by atoms with E-state index in [1.807, 2.05) is 13.8 Å². The van der Waals surface area contributed by atoms with Gasteiger partial charge in [-0.15, -0.1) is 0 Å². The fourth-order valence-corrected chi connectivity index (χ4v) is 1.08. The van der Waals surface area contributed by atoms with Gasteiger partial charge in [-0.25, -0.2) is 0 Å². The number of hydrogen-bond donors (Lipinski definition) is 1. The van der Waals surface area contributed by atoms with Gasteiger partial charge in [0.25, 0.3) is 0 Å². The van der Waals surface area contributed by atoms with E-state index in [2.05, 4.69) is 0 Å². The SMILES string of the molecule is CC(C)OP(N)Cl. The first kappa shape index (κ1) is 7.64. The minimum Gasteiger partial charge on any atom is -0.329 e. The first-order valence-electron chi connectivity index (χ1n) is 2.00. The van der Waals surface area contributed by atoms with E-state index < -0.39 is 7.65 Å². The van der Waals surface area contributed by atoms with Gasteiger partial charge >= 0.3 is 0 Å². The fraction of sp³-hybridized carbons (Fsp3) is 1.00. The molecule has 0 aromatic carbocycles. The van der Waals surface area contributed by atoms with E-state index >= 15 is 0 Å². The minimum absolute atomic E-state index is 0.147. The van der Waals surface area contributed by atoms with Crippen molar-refractivity contribution in [1.29, 1.82) is 0 Å². The molecular formula is C3H9ClNOP. The average Bonchev–Trinajstić information content (AvgIpc) is 1.27. The molecule has 0 amide bonds. The van der Waals surface area contributed by atoms with E-state index in [9.17, 15) is 0 Å². The monoisotopic (exact) mass is 141 g/mol. The van der Waals surface area contributed by atoms with Gasteiger partial charge in [-0.1, -0.05) is 0 Å². The van der Waals surface area contributed by atoms with Crippen LogP contribution >= 0.6 is 18.9 Å². The lowest BCUT2D eigenvalue weighted by molar-refractivity contribution is 0.276. The zero-order valence-corrected chi connectivity index (χ0v) is 6.04. The van der Waals surface area contributed by atoms with E-state index in [4.69, 9.17) is 21.3 Å². The molecular weight excluding hydrogens is 132 g/mol. The summed E-state index contributed by atoms with van der Waals surface area (Å²) in [4.78, 5) is 0. The Morgan fingerprint density at radius 3 is 2.14 bits per heavy atom. The van der Waals surface area contributed by atoms with Crippen molar-refractivity contribution < 1.29 is 4.52 Å². The van der Waals surface area contributed by atoms with Crippen molar-refractivity contribution in [2.75, 3.05) is 0 Å². The smallest absolute Gasteiger partial charge is 0.201 e. The maximum Gasteiger partial charge on any atom is 0.201 e. The van der Waals surface area contributed by atoms with Crippen LogP contribution in [0.2, 0.25) is 0 Å². The Morgan fingerprint density at radius 1 is 1.71 bits per heavy atom. The van der Waals surface area contributed by atoms with Gasteiger partial charge in [0.1, 0.15) is 0 Å². The van der Waals surface area contributed by atoms with E-state index in [-0.39, 0.29) is 6.10 Å². The van der Waals surface area contributed by atoms with Gasteiger partial charge in [-0.05, 0) is 25.1 Å². The van der Waals surface area contributed by atoms with Gasteiger partial charge in [0.2, 0.25) is 7.65 Å². The zero-order chi connectivity index (χ0) is 5.86. The van der Waals surface area contributed by atoms with Crippen LogP contribution < -0.4 is 5.50 Å². The molecule has 0 saturated heterocycles. The average molecular weight is 142 g/mol. The molecule has 0 bridgehead atoms. The third kappa shape index (κ3) is 6.64. The van der Waals surface area contributed by atoms with Crippen LogP contribution in [0.15, 0.2) is 0 Å². The van der Waals surface area contributed by atoms with Crippen LogP contribution in [0.25, 0.3) is 0 Å². The van der Waals surface area contributed by atoms with Crippen LogP contribution in [0.3, 0.4) is 0 Å². The molecule has 0 aliphatic heterocycles. The Kier molecular flexibility index (Phi) is 3.95. The van der Waals surface area contributed by atoms with Gasteiger partial charge in [0.15, 0.2) is 0 Å². The summed E-state index contributed by atoms with van der Waals surface area (Å²) in [6, 6.07) is 0. The normalized spacial score (nSPS) is 15.0. The Bertz CT molecular complexity index is 44.2. The molecule has 44 valence electrons. The quantitative estimate of drug-likeness (QED) is 0.596. The van der Waals surface area contributed by atoms with Crippen LogP contribution in [0.4, 0.5) is 0 Å². The second kappa shape index (κ2) is 3.62. The van der Waals surface area contributed by atoms with Gasteiger partial charge in [0.05, 0.1) is 6.10 Å². The minimum atomic E-state index is -1.17. The summed E-state index contributed by atoms with van der Waals surface area (Å²) in [5.74, 6) is 0. The van der Waals surface area contributed by atoms with Crippen molar-refractivity contribution in [3.63, 3.8) is 0 Å². The van der Waals surface area contributed by atoms with Crippen molar-refractivity contribution in [3.8, 4) is 0 Å². The van der Waals surface area contributed by atoms with Crippen molar-refractivity contribution in [3.05, 3.63) is 0 Å². The standard InChI is InChI=1S/C3H9ClNOP/c1-3(2)6-7(4)5/h3H,5H2,1-2H3. The molecule has 0 aromatic heterocycles. The first-order chi connectivity index (χ1) is 3.13. The highest BCUT2D eigenvalue weighted by Gasteiger charge is 1.97. The Hall–Kier alpha value is 0.640. The first-order valence-corrected chi connectivity index (χ1v) is 4.23.